The topological polar surface area (TPSA) is 49.8 Å². The van der Waals surface area contributed by atoms with E-state index in [1.807, 2.05) is 13.8 Å². The van der Waals surface area contributed by atoms with Gasteiger partial charge in [-0.05, 0) is 30.2 Å². The van der Waals surface area contributed by atoms with E-state index in [1.54, 1.807) is 12.1 Å². The van der Waals surface area contributed by atoms with Gasteiger partial charge in [0.05, 0.1) is 19.8 Å². The predicted molar refractivity (Wildman–Crippen MR) is 75.8 cm³/mol. The third-order valence-electron chi connectivity index (χ3n) is 2.70. The molecular weight excluding hydrogens is 280 g/mol. The van der Waals surface area contributed by atoms with E-state index in [2.05, 4.69) is 0 Å². The van der Waals surface area contributed by atoms with E-state index in [-0.39, 0.29) is 13.2 Å². The van der Waals surface area contributed by atoms with Crippen LogP contribution in [0.25, 0.3) is 0 Å². The van der Waals surface area contributed by atoms with Crippen molar-refractivity contribution >= 4 is 5.91 Å². The number of ether oxygens (including phenoxy) is 1. The zero-order chi connectivity index (χ0) is 15.8. The number of amides is 1. The molecule has 1 rings (SSSR count). The highest BCUT2D eigenvalue weighted by Gasteiger charge is 2.19. The molecule has 1 aromatic carbocycles. The van der Waals surface area contributed by atoms with Crippen LogP contribution in [-0.4, -0.2) is 48.6 Å². The molecule has 0 spiro atoms. The smallest absolute Gasteiger partial charge is 0.255 e. The fourth-order valence-electron chi connectivity index (χ4n) is 1.70. The van der Waals surface area contributed by atoms with E-state index in [9.17, 15) is 13.6 Å². The summed E-state index contributed by atoms with van der Waals surface area (Å²) in [4.78, 5) is 13.0. The third-order valence-corrected chi connectivity index (χ3v) is 2.70. The molecule has 1 aromatic rings. The molecule has 0 fully saturated rings. The Morgan fingerprint density at radius 1 is 1.29 bits per heavy atom. The molecule has 0 aliphatic carbocycles. The molecule has 118 valence electrons. The fraction of sp³-hybridized carbons (Fsp3) is 0.533. The summed E-state index contributed by atoms with van der Waals surface area (Å²) in [6, 6.07) is 6.34. The van der Waals surface area contributed by atoms with E-state index in [0.29, 0.717) is 23.8 Å². The van der Waals surface area contributed by atoms with Gasteiger partial charge in [-0.25, -0.2) is 8.78 Å². The van der Waals surface area contributed by atoms with E-state index < -0.39 is 18.9 Å². The summed E-state index contributed by atoms with van der Waals surface area (Å²) in [5.74, 6) is 0.486. The molecule has 1 N–H and O–H groups in total. The van der Waals surface area contributed by atoms with Crippen LogP contribution in [0.3, 0.4) is 0 Å². The number of hydrogen-bond donors (Lipinski definition) is 1. The number of carbonyl (C=O) groups excluding carboxylic acids is 1. The van der Waals surface area contributed by atoms with Crippen LogP contribution in [0.5, 0.6) is 5.75 Å². The number of aliphatic hydroxyl groups is 1. The largest absolute Gasteiger partial charge is 0.493 e. The first-order chi connectivity index (χ1) is 9.93. The second-order valence-corrected chi connectivity index (χ2v) is 5.10. The van der Waals surface area contributed by atoms with Crippen LogP contribution in [-0.2, 0) is 0 Å². The van der Waals surface area contributed by atoms with Crippen molar-refractivity contribution in [3.8, 4) is 5.75 Å². The summed E-state index contributed by atoms with van der Waals surface area (Å²) in [6.45, 7) is 3.45. The standard InChI is InChI=1S/C15H21F2NO3/c1-11(2)10-21-13-5-3-12(4-6-13)15(20)18(7-8-19)9-14(16)17/h3-6,11,14,19H,7-10H2,1-2H3. The highest BCUT2D eigenvalue weighted by molar-refractivity contribution is 5.94. The number of benzene rings is 1. The Bertz CT molecular complexity index is 435. The zero-order valence-electron chi connectivity index (χ0n) is 12.3. The third kappa shape index (κ3) is 6.08. The van der Waals surface area contributed by atoms with E-state index in [1.165, 1.54) is 12.1 Å². The number of alkyl halides is 2. The number of hydrogen-bond acceptors (Lipinski definition) is 3. The summed E-state index contributed by atoms with van der Waals surface area (Å²) in [5.41, 5.74) is 0.293. The molecule has 6 heteroatoms. The van der Waals surface area contributed by atoms with Crippen LogP contribution < -0.4 is 4.74 Å². The maximum absolute atomic E-state index is 12.4. The molecule has 0 saturated carbocycles. The van der Waals surface area contributed by atoms with Crippen LogP contribution in [0.1, 0.15) is 24.2 Å². The fourth-order valence-corrected chi connectivity index (χ4v) is 1.70. The normalized spacial score (nSPS) is 11.0. The number of halogens is 2. The maximum atomic E-state index is 12.4. The van der Waals surface area contributed by atoms with Crippen molar-refractivity contribution in [3.05, 3.63) is 29.8 Å². The molecule has 4 nitrogen and oxygen atoms in total. The Balaban J connectivity index is 2.71. The summed E-state index contributed by atoms with van der Waals surface area (Å²) >= 11 is 0. The molecule has 0 bridgehead atoms. The van der Waals surface area contributed by atoms with Gasteiger partial charge >= 0.3 is 0 Å². The number of carbonyl (C=O) groups is 1. The predicted octanol–water partition coefficient (Wildman–Crippen LogP) is 2.42. The Morgan fingerprint density at radius 3 is 2.38 bits per heavy atom. The van der Waals surface area contributed by atoms with Crippen molar-refractivity contribution in [2.24, 2.45) is 5.92 Å². The second kappa shape index (κ2) is 8.56. The minimum atomic E-state index is -2.63. The Morgan fingerprint density at radius 2 is 1.90 bits per heavy atom. The molecule has 0 atom stereocenters. The Labute approximate surface area is 123 Å². The Hall–Kier alpha value is -1.69. The molecule has 0 radical (unpaired) electrons. The number of aliphatic hydroxyl groups excluding tert-OH is 1. The summed E-state index contributed by atoms with van der Waals surface area (Å²) < 4.78 is 30.3. The molecular formula is C15H21F2NO3. The summed E-state index contributed by atoms with van der Waals surface area (Å²) in [6.07, 6.45) is -2.63. The molecule has 0 saturated heterocycles. The number of nitrogens with zero attached hydrogens (tertiary/aromatic N) is 1. The van der Waals surface area contributed by atoms with Gasteiger partial charge < -0.3 is 14.7 Å². The van der Waals surface area contributed by atoms with Crippen molar-refractivity contribution in [3.63, 3.8) is 0 Å². The van der Waals surface area contributed by atoms with Crippen LogP contribution in [0, 0.1) is 5.92 Å². The van der Waals surface area contributed by atoms with Crippen molar-refractivity contribution in [1.29, 1.82) is 0 Å². The highest BCUT2D eigenvalue weighted by Crippen LogP contribution is 2.15. The minimum Gasteiger partial charge on any atom is -0.493 e. The van der Waals surface area contributed by atoms with Gasteiger partial charge in [0.1, 0.15) is 5.75 Å². The first-order valence-corrected chi connectivity index (χ1v) is 6.85. The van der Waals surface area contributed by atoms with E-state index in [0.717, 1.165) is 4.90 Å². The lowest BCUT2D eigenvalue weighted by Crippen LogP contribution is -2.37. The molecule has 0 unspecified atom stereocenters. The lowest BCUT2D eigenvalue weighted by Gasteiger charge is -2.21. The lowest BCUT2D eigenvalue weighted by molar-refractivity contribution is 0.0509. The SMILES string of the molecule is CC(C)COc1ccc(C(=O)N(CCO)CC(F)F)cc1. The van der Waals surface area contributed by atoms with Gasteiger partial charge in [0.2, 0.25) is 0 Å². The van der Waals surface area contributed by atoms with Crippen LogP contribution in [0.4, 0.5) is 8.78 Å². The second-order valence-electron chi connectivity index (χ2n) is 5.10. The summed E-state index contributed by atoms with van der Waals surface area (Å²) in [5, 5.41) is 8.85. The molecule has 21 heavy (non-hydrogen) atoms. The molecule has 0 aliphatic rings. The average Bonchev–Trinajstić information content (AvgIpc) is 2.44. The minimum absolute atomic E-state index is 0.116. The molecule has 0 heterocycles. The van der Waals surface area contributed by atoms with Crippen LogP contribution >= 0.6 is 0 Å². The van der Waals surface area contributed by atoms with Crippen molar-refractivity contribution in [1.82, 2.24) is 4.90 Å². The van der Waals surface area contributed by atoms with Crippen LogP contribution in [0.2, 0.25) is 0 Å². The molecule has 0 aromatic heterocycles. The van der Waals surface area contributed by atoms with Crippen molar-refractivity contribution in [2.75, 3.05) is 26.3 Å². The highest BCUT2D eigenvalue weighted by atomic mass is 19.3. The monoisotopic (exact) mass is 301 g/mol. The zero-order valence-corrected chi connectivity index (χ0v) is 12.3. The summed E-state index contributed by atoms with van der Waals surface area (Å²) in [7, 11) is 0. The van der Waals surface area contributed by atoms with Gasteiger partial charge in [0.25, 0.3) is 12.3 Å². The quantitative estimate of drug-likeness (QED) is 0.802. The van der Waals surface area contributed by atoms with Gasteiger partial charge in [-0.2, -0.15) is 0 Å². The molecule has 1 amide bonds. The van der Waals surface area contributed by atoms with Crippen molar-refractivity contribution in [2.45, 2.75) is 20.3 Å². The Kier molecular flexibility index (Phi) is 7.08. The van der Waals surface area contributed by atoms with Gasteiger partial charge in [-0.3, -0.25) is 4.79 Å². The first-order valence-electron chi connectivity index (χ1n) is 6.85. The average molecular weight is 301 g/mol. The maximum Gasteiger partial charge on any atom is 0.255 e. The first kappa shape index (κ1) is 17.4. The van der Waals surface area contributed by atoms with E-state index in [4.69, 9.17) is 9.84 Å². The van der Waals surface area contributed by atoms with Gasteiger partial charge in [0, 0.05) is 12.1 Å². The van der Waals surface area contributed by atoms with Gasteiger partial charge in [-0.1, -0.05) is 13.8 Å². The van der Waals surface area contributed by atoms with Gasteiger partial charge in [0.15, 0.2) is 0 Å². The van der Waals surface area contributed by atoms with Gasteiger partial charge in [-0.15, -0.1) is 0 Å². The van der Waals surface area contributed by atoms with Crippen molar-refractivity contribution < 1.29 is 23.4 Å². The lowest BCUT2D eigenvalue weighted by atomic mass is 10.2. The van der Waals surface area contributed by atoms with E-state index >= 15 is 0 Å². The number of rotatable bonds is 8. The molecule has 0 aliphatic heterocycles. The van der Waals surface area contributed by atoms with Crippen LogP contribution in [0.15, 0.2) is 24.3 Å².